The van der Waals surface area contributed by atoms with E-state index in [-0.39, 0.29) is 0 Å². The van der Waals surface area contributed by atoms with E-state index in [1.165, 1.54) is 0 Å². The lowest BCUT2D eigenvalue weighted by molar-refractivity contribution is 0.000391. The lowest BCUT2D eigenvalue weighted by atomic mass is 10.2. The molecule has 0 aliphatic carbocycles. The second kappa shape index (κ2) is 10.3. The summed E-state index contributed by atoms with van der Waals surface area (Å²) < 4.78 is 12.1. The van der Waals surface area contributed by atoms with Gasteiger partial charge in [0, 0.05) is 37.2 Å². The van der Waals surface area contributed by atoms with Crippen LogP contribution in [0.15, 0.2) is 28.7 Å². The van der Waals surface area contributed by atoms with E-state index in [9.17, 15) is 5.11 Å². The molecule has 130 valence electrons. The average Bonchev–Trinajstić information content (AvgIpc) is 2.57. The second-order valence-corrected chi connectivity index (χ2v) is 6.68. The van der Waals surface area contributed by atoms with Gasteiger partial charge in [-0.2, -0.15) is 0 Å². The Morgan fingerprint density at radius 1 is 1.09 bits per heavy atom. The van der Waals surface area contributed by atoms with E-state index in [4.69, 9.17) is 9.47 Å². The van der Waals surface area contributed by atoms with Gasteiger partial charge in [0.1, 0.15) is 12.4 Å². The minimum absolute atomic E-state index is 0.359. The summed E-state index contributed by atoms with van der Waals surface area (Å²) in [5, 5.41) is 10.0. The van der Waals surface area contributed by atoms with E-state index in [0.717, 1.165) is 42.9 Å². The van der Waals surface area contributed by atoms with Crippen molar-refractivity contribution in [2.45, 2.75) is 13.0 Å². The van der Waals surface area contributed by atoms with Gasteiger partial charge in [-0.3, -0.25) is 4.90 Å². The third-order valence-electron chi connectivity index (χ3n) is 4.00. The molecule has 0 amide bonds. The summed E-state index contributed by atoms with van der Waals surface area (Å²) >= 11 is 3.39. The Kier molecular flexibility index (Phi) is 8.33. The van der Waals surface area contributed by atoms with Crippen molar-refractivity contribution < 1.29 is 14.6 Å². The maximum Gasteiger partial charge on any atom is 0.119 e. The highest BCUT2D eigenvalue weighted by Crippen LogP contribution is 2.15. The van der Waals surface area contributed by atoms with Crippen molar-refractivity contribution in [2.24, 2.45) is 0 Å². The van der Waals surface area contributed by atoms with Gasteiger partial charge in [-0.25, -0.2) is 0 Å². The first-order valence-electron chi connectivity index (χ1n) is 8.26. The monoisotopic (exact) mass is 386 g/mol. The molecule has 1 saturated heterocycles. The van der Waals surface area contributed by atoms with Crippen LogP contribution in [0.1, 0.15) is 6.92 Å². The van der Waals surface area contributed by atoms with Crippen LogP contribution in [0.5, 0.6) is 5.75 Å². The highest BCUT2D eigenvalue weighted by atomic mass is 79.9. The zero-order valence-corrected chi connectivity index (χ0v) is 15.4. The molecule has 1 aliphatic rings. The molecule has 1 N–H and O–H groups in total. The third kappa shape index (κ3) is 7.18. The Balaban J connectivity index is 1.51. The van der Waals surface area contributed by atoms with Crippen LogP contribution in [-0.2, 0) is 4.74 Å². The largest absolute Gasteiger partial charge is 0.491 e. The molecule has 2 rings (SSSR count). The number of hydrogen-bond acceptors (Lipinski definition) is 5. The molecule has 23 heavy (non-hydrogen) atoms. The fourth-order valence-corrected chi connectivity index (χ4v) is 2.87. The third-order valence-corrected chi connectivity index (χ3v) is 4.53. The predicted octanol–water partition coefficient (Wildman–Crippen LogP) is 1.84. The van der Waals surface area contributed by atoms with Gasteiger partial charge in [0.15, 0.2) is 0 Å². The molecule has 1 fully saturated rings. The van der Waals surface area contributed by atoms with Gasteiger partial charge in [-0.1, -0.05) is 22.9 Å². The van der Waals surface area contributed by atoms with E-state index in [0.29, 0.717) is 26.4 Å². The first-order chi connectivity index (χ1) is 11.2. The normalized spacial score (nSPS) is 18.0. The molecule has 0 bridgehead atoms. The zero-order valence-electron chi connectivity index (χ0n) is 13.8. The maximum absolute atomic E-state index is 10.0. The van der Waals surface area contributed by atoms with E-state index in [1.807, 2.05) is 24.3 Å². The van der Waals surface area contributed by atoms with Crippen LogP contribution in [0.25, 0.3) is 0 Å². The molecule has 1 aromatic rings. The van der Waals surface area contributed by atoms with E-state index in [2.05, 4.69) is 32.7 Å². The van der Waals surface area contributed by atoms with Crippen molar-refractivity contribution in [3.63, 3.8) is 0 Å². The SMILES string of the molecule is CCN1CCN(C[C@H](O)COCCOc2ccc(Br)cc2)CC1. The van der Waals surface area contributed by atoms with Crippen LogP contribution in [0.3, 0.4) is 0 Å². The molecule has 1 atom stereocenters. The molecule has 1 aromatic carbocycles. The van der Waals surface area contributed by atoms with Gasteiger partial charge in [0.05, 0.1) is 19.3 Å². The van der Waals surface area contributed by atoms with Gasteiger partial charge in [-0.05, 0) is 30.8 Å². The number of likely N-dealkylation sites (N-methyl/N-ethyl adjacent to an activating group) is 1. The zero-order chi connectivity index (χ0) is 16.5. The maximum atomic E-state index is 10.0. The Morgan fingerprint density at radius 2 is 1.74 bits per heavy atom. The lowest BCUT2D eigenvalue weighted by Crippen LogP contribution is -2.48. The standard InChI is InChI=1S/C17H27BrN2O3/c1-2-19-7-9-20(10-8-19)13-16(21)14-22-11-12-23-17-5-3-15(18)4-6-17/h3-6,16,21H,2,7-14H2,1H3/t16-/m0/s1. The molecule has 0 unspecified atom stereocenters. The number of rotatable bonds is 9. The molecule has 5 nitrogen and oxygen atoms in total. The number of aliphatic hydroxyl groups excluding tert-OH is 1. The molecule has 0 spiro atoms. The van der Waals surface area contributed by atoms with Crippen LogP contribution in [0, 0.1) is 0 Å². The molecule has 1 aliphatic heterocycles. The Morgan fingerprint density at radius 3 is 2.39 bits per heavy atom. The molecule has 0 aromatic heterocycles. The number of halogens is 1. The van der Waals surface area contributed by atoms with Gasteiger partial charge in [0.25, 0.3) is 0 Å². The van der Waals surface area contributed by atoms with Gasteiger partial charge >= 0.3 is 0 Å². The van der Waals surface area contributed by atoms with Crippen LogP contribution in [0.2, 0.25) is 0 Å². The minimum Gasteiger partial charge on any atom is -0.491 e. The first-order valence-corrected chi connectivity index (χ1v) is 9.05. The fourth-order valence-electron chi connectivity index (χ4n) is 2.61. The number of aliphatic hydroxyl groups is 1. The molecular weight excluding hydrogens is 360 g/mol. The van der Waals surface area contributed by atoms with Crippen molar-refractivity contribution in [1.82, 2.24) is 9.80 Å². The Bertz CT molecular complexity index is 436. The number of benzene rings is 1. The van der Waals surface area contributed by atoms with Crippen molar-refractivity contribution in [2.75, 3.05) is 59.1 Å². The second-order valence-electron chi connectivity index (χ2n) is 5.77. The van der Waals surface area contributed by atoms with Gasteiger partial charge in [0.2, 0.25) is 0 Å². The van der Waals surface area contributed by atoms with E-state index < -0.39 is 6.10 Å². The highest BCUT2D eigenvalue weighted by molar-refractivity contribution is 9.10. The predicted molar refractivity (Wildman–Crippen MR) is 95.0 cm³/mol. The summed E-state index contributed by atoms with van der Waals surface area (Å²) in [6.07, 6.45) is -0.434. The van der Waals surface area contributed by atoms with Crippen LogP contribution in [-0.4, -0.2) is 80.1 Å². The Labute approximate surface area is 147 Å². The summed E-state index contributed by atoms with van der Waals surface area (Å²) in [5.74, 6) is 0.825. The number of ether oxygens (including phenoxy) is 2. The molecule has 6 heteroatoms. The van der Waals surface area contributed by atoms with Gasteiger partial charge < -0.3 is 19.5 Å². The molecule has 0 saturated carbocycles. The van der Waals surface area contributed by atoms with Crippen molar-refractivity contribution in [1.29, 1.82) is 0 Å². The highest BCUT2D eigenvalue weighted by Gasteiger charge is 2.18. The quantitative estimate of drug-likeness (QED) is 0.656. The summed E-state index contributed by atoms with van der Waals surface area (Å²) in [4.78, 5) is 4.73. The molecular formula is C17H27BrN2O3. The number of nitrogens with zero attached hydrogens (tertiary/aromatic N) is 2. The van der Waals surface area contributed by atoms with Crippen LogP contribution < -0.4 is 4.74 Å². The first kappa shape index (κ1) is 18.7. The summed E-state index contributed by atoms with van der Waals surface area (Å²) in [7, 11) is 0. The van der Waals surface area contributed by atoms with Gasteiger partial charge in [-0.15, -0.1) is 0 Å². The smallest absolute Gasteiger partial charge is 0.119 e. The summed E-state index contributed by atoms with van der Waals surface area (Å²) in [5.41, 5.74) is 0. The number of hydrogen-bond donors (Lipinski definition) is 1. The topological polar surface area (TPSA) is 45.2 Å². The van der Waals surface area contributed by atoms with E-state index in [1.54, 1.807) is 0 Å². The number of piperazine rings is 1. The van der Waals surface area contributed by atoms with Crippen molar-refractivity contribution in [3.8, 4) is 5.75 Å². The lowest BCUT2D eigenvalue weighted by Gasteiger charge is -2.34. The van der Waals surface area contributed by atoms with Crippen molar-refractivity contribution in [3.05, 3.63) is 28.7 Å². The number of β-amino-alcohol motifs (C(OH)–C–C–N with tert-alkyl or cyclic N) is 1. The van der Waals surface area contributed by atoms with Crippen LogP contribution >= 0.6 is 15.9 Å². The molecule has 0 radical (unpaired) electrons. The van der Waals surface area contributed by atoms with Crippen LogP contribution in [0.4, 0.5) is 0 Å². The summed E-state index contributed by atoms with van der Waals surface area (Å²) in [6.45, 7) is 9.54. The minimum atomic E-state index is -0.434. The fraction of sp³-hybridized carbons (Fsp3) is 0.647. The van der Waals surface area contributed by atoms with E-state index >= 15 is 0 Å². The Hall–Kier alpha value is -0.660. The van der Waals surface area contributed by atoms with Crippen molar-refractivity contribution >= 4 is 15.9 Å². The average molecular weight is 387 g/mol. The summed E-state index contributed by atoms with van der Waals surface area (Å²) in [6, 6.07) is 7.71. The molecule has 1 heterocycles.